The van der Waals surface area contributed by atoms with Crippen LogP contribution < -0.4 is 15.7 Å². The van der Waals surface area contributed by atoms with E-state index < -0.39 is 11.7 Å². The molecule has 2 heterocycles. The van der Waals surface area contributed by atoms with Crippen molar-refractivity contribution in [3.05, 3.63) is 45.9 Å². The number of carbonyl (C=O) groups excluding carboxylic acids is 1. The summed E-state index contributed by atoms with van der Waals surface area (Å²) in [6, 6.07) is 5.06. The van der Waals surface area contributed by atoms with Gasteiger partial charge in [-0.25, -0.2) is 4.79 Å². The molecule has 8 nitrogen and oxygen atoms in total. The van der Waals surface area contributed by atoms with Gasteiger partial charge in [-0.15, -0.1) is 5.10 Å². The summed E-state index contributed by atoms with van der Waals surface area (Å²) in [7, 11) is 1.66. The van der Waals surface area contributed by atoms with Gasteiger partial charge in [0.1, 0.15) is 11.3 Å². The zero-order valence-electron chi connectivity index (χ0n) is 15.1. The minimum absolute atomic E-state index is 0.349. The van der Waals surface area contributed by atoms with Gasteiger partial charge in [0.2, 0.25) is 0 Å². The highest BCUT2D eigenvalue weighted by atomic mass is 16.5. The number of nitrogens with one attached hydrogen (secondary N) is 1. The molecule has 26 heavy (non-hydrogen) atoms. The lowest BCUT2D eigenvalue weighted by Gasteiger charge is -2.17. The van der Waals surface area contributed by atoms with Crippen LogP contribution in [0.1, 0.15) is 25.0 Å². The summed E-state index contributed by atoms with van der Waals surface area (Å²) in [6.45, 7) is 5.46. The summed E-state index contributed by atoms with van der Waals surface area (Å²) in [5.41, 5.74) is 1.73. The molecule has 0 spiro atoms. The first-order valence-corrected chi connectivity index (χ1v) is 8.28. The highest BCUT2D eigenvalue weighted by molar-refractivity contribution is 5.94. The van der Waals surface area contributed by atoms with Crippen molar-refractivity contribution in [3.63, 3.8) is 0 Å². The average molecular weight is 356 g/mol. The van der Waals surface area contributed by atoms with Crippen molar-refractivity contribution in [3.8, 4) is 5.75 Å². The Morgan fingerprint density at radius 3 is 2.81 bits per heavy atom. The summed E-state index contributed by atoms with van der Waals surface area (Å²) in [5.74, 6) is 0.500. The van der Waals surface area contributed by atoms with E-state index in [0.717, 1.165) is 11.1 Å². The van der Waals surface area contributed by atoms with Gasteiger partial charge in [-0.1, -0.05) is 6.92 Å². The smallest absolute Gasteiger partial charge is 0.336 e. The summed E-state index contributed by atoms with van der Waals surface area (Å²) in [6.07, 6.45) is 1.32. The maximum Gasteiger partial charge on any atom is 0.336 e. The average Bonchev–Trinajstić information content (AvgIpc) is 2.98. The third-order valence-electron chi connectivity index (χ3n) is 3.94. The topological polar surface area (TPSA) is 99.2 Å². The van der Waals surface area contributed by atoms with Crippen LogP contribution in [0.5, 0.6) is 5.75 Å². The third-order valence-corrected chi connectivity index (χ3v) is 3.94. The Hall–Kier alpha value is -3.16. The minimum atomic E-state index is -0.779. The Labute approximate surface area is 149 Å². The van der Waals surface area contributed by atoms with Crippen LogP contribution in [0.3, 0.4) is 0 Å². The number of carbonyl (C=O) groups is 1. The zero-order chi connectivity index (χ0) is 18.8. The summed E-state index contributed by atoms with van der Waals surface area (Å²) >= 11 is 0. The molecule has 8 heteroatoms. The van der Waals surface area contributed by atoms with Crippen molar-refractivity contribution in [1.82, 2.24) is 15.0 Å². The van der Waals surface area contributed by atoms with Gasteiger partial charge in [0.05, 0.1) is 11.6 Å². The molecule has 1 N–H and O–H groups in total. The quantitative estimate of drug-likeness (QED) is 0.704. The molecule has 0 aliphatic rings. The largest absolute Gasteiger partial charge is 0.480 e. The Bertz CT molecular complexity index is 1020. The van der Waals surface area contributed by atoms with Crippen LogP contribution in [-0.4, -0.2) is 27.0 Å². The highest BCUT2D eigenvalue weighted by Gasteiger charge is 2.19. The molecule has 1 amide bonds. The molecule has 1 atom stereocenters. The molecule has 136 valence electrons. The van der Waals surface area contributed by atoms with E-state index in [0.29, 0.717) is 29.0 Å². The Morgan fingerprint density at radius 2 is 2.15 bits per heavy atom. The molecule has 1 aromatic carbocycles. The zero-order valence-corrected chi connectivity index (χ0v) is 15.1. The second-order valence-corrected chi connectivity index (χ2v) is 6.05. The van der Waals surface area contributed by atoms with Gasteiger partial charge in [-0.2, -0.15) is 9.90 Å². The van der Waals surface area contributed by atoms with Crippen LogP contribution in [0, 0.1) is 6.92 Å². The molecule has 2 aromatic heterocycles. The molecule has 0 saturated heterocycles. The van der Waals surface area contributed by atoms with Gasteiger partial charge < -0.3 is 14.5 Å². The first kappa shape index (κ1) is 17.7. The van der Waals surface area contributed by atoms with E-state index in [2.05, 4.69) is 15.5 Å². The molecule has 0 aliphatic carbocycles. The van der Waals surface area contributed by atoms with E-state index >= 15 is 0 Å². The van der Waals surface area contributed by atoms with Gasteiger partial charge in [0.15, 0.2) is 11.9 Å². The SMILES string of the molecule is CCc1cc(=O)oc2cc(C)cc(OC(C)C(=O)Nc3cnn(C)n3)c12. The van der Waals surface area contributed by atoms with E-state index in [1.165, 1.54) is 17.1 Å². The second-order valence-electron chi connectivity index (χ2n) is 6.05. The van der Waals surface area contributed by atoms with E-state index in [1.807, 2.05) is 19.9 Å². The predicted molar refractivity (Wildman–Crippen MR) is 96.3 cm³/mol. The van der Waals surface area contributed by atoms with Crippen molar-refractivity contribution in [2.75, 3.05) is 5.32 Å². The van der Waals surface area contributed by atoms with E-state index in [1.54, 1.807) is 20.0 Å². The molecular weight excluding hydrogens is 336 g/mol. The number of hydrogen-bond donors (Lipinski definition) is 1. The normalized spacial score (nSPS) is 12.2. The number of anilines is 1. The van der Waals surface area contributed by atoms with Crippen molar-refractivity contribution in [1.29, 1.82) is 0 Å². The number of aryl methyl sites for hydroxylation is 3. The molecule has 0 fully saturated rings. The second kappa shape index (κ2) is 6.99. The van der Waals surface area contributed by atoms with Crippen LogP contribution in [-0.2, 0) is 18.3 Å². The van der Waals surface area contributed by atoms with Crippen LogP contribution in [0.25, 0.3) is 11.0 Å². The number of fused-ring (bicyclic) bond motifs is 1. The van der Waals surface area contributed by atoms with E-state index in [4.69, 9.17) is 9.15 Å². The van der Waals surface area contributed by atoms with Crippen molar-refractivity contribution in [2.24, 2.45) is 7.05 Å². The Balaban J connectivity index is 1.92. The summed E-state index contributed by atoms with van der Waals surface area (Å²) in [5, 5.41) is 11.3. The number of rotatable bonds is 5. The fraction of sp³-hybridized carbons (Fsp3) is 0.333. The van der Waals surface area contributed by atoms with Crippen LogP contribution in [0.15, 0.2) is 33.6 Å². The lowest BCUT2D eigenvalue weighted by molar-refractivity contribution is -0.122. The lowest BCUT2D eigenvalue weighted by atomic mass is 10.0. The molecule has 0 saturated carbocycles. The fourth-order valence-electron chi connectivity index (χ4n) is 2.72. The monoisotopic (exact) mass is 356 g/mol. The minimum Gasteiger partial charge on any atom is -0.480 e. The summed E-state index contributed by atoms with van der Waals surface area (Å²) in [4.78, 5) is 25.5. The van der Waals surface area contributed by atoms with E-state index in [-0.39, 0.29) is 5.91 Å². The standard InChI is InChI=1S/C18H20N4O4/c1-5-12-8-16(23)26-14-7-10(2)6-13(17(12)14)25-11(3)18(24)20-15-9-19-22(4)21-15/h6-9,11H,5H2,1-4H3,(H,20,21,24). The molecule has 3 rings (SSSR count). The number of nitrogens with zero attached hydrogens (tertiary/aromatic N) is 3. The summed E-state index contributed by atoms with van der Waals surface area (Å²) < 4.78 is 11.2. The molecule has 1 unspecified atom stereocenters. The van der Waals surface area contributed by atoms with Crippen LogP contribution in [0.2, 0.25) is 0 Å². The highest BCUT2D eigenvalue weighted by Crippen LogP contribution is 2.31. The lowest BCUT2D eigenvalue weighted by Crippen LogP contribution is -2.30. The van der Waals surface area contributed by atoms with Crippen LogP contribution in [0.4, 0.5) is 5.82 Å². The van der Waals surface area contributed by atoms with Crippen molar-refractivity contribution >= 4 is 22.7 Å². The molecule has 0 bridgehead atoms. The number of benzene rings is 1. The van der Waals surface area contributed by atoms with Crippen LogP contribution >= 0.6 is 0 Å². The van der Waals surface area contributed by atoms with Gasteiger partial charge in [0, 0.05) is 13.1 Å². The van der Waals surface area contributed by atoms with Gasteiger partial charge in [0.25, 0.3) is 5.91 Å². The molecule has 0 aliphatic heterocycles. The maximum absolute atomic E-state index is 12.4. The Kier molecular flexibility index (Phi) is 4.75. The third kappa shape index (κ3) is 3.58. The number of hydrogen-bond acceptors (Lipinski definition) is 6. The first-order chi connectivity index (χ1) is 12.4. The molecular formula is C18H20N4O4. The molecule has 0 radical (unpaired) electrons. The first-order valence-electron chi connectivity index (χ1n) is 8.28. The van der Waals surface area contributed by atoms with Gasteiger partial charge >= 0.3 is 5.63 Å². The van der Waals surface area contributed by atoms with Gasteiger partial charge in [-0.3, -0.25) is 4.79 Å². The molecule has 3 aromatic rings. The predicted octanol–water partition coefficient (Wildman–Crippen LogP) is 2.20. The number of ether oxygens (including phenoxy) is 1. The maximum atomic E-state index is 12.4. The fourth-order valence-corrected chi connectivity index (χ4v) is 2.72. The van der Waals surface area contributed by atoms with E-state index in [9.17, 15) is 9.59 Å². The number of aromatic nitrogens is 3. The van der Waals surface area contributed by atoms with Gasteiger partial charge in [-0.05, 0) is 43.5 Å². The Morgan fingerprint density at radius 1 is 1.38 bits per heavy atom. The van der Waals surface area contributed by atoms with Crippen molar-refractivity contribution in [2.45, 2.75) is 33.3 Å². The van der Waals surface area contributed by atoms with Crippen molar-refractivity contribution < 1.29 is 13.9 Å². The number of amides is 1.